The van der Waals surface area contributed by atoms with Crippen molar-refractivity contribution in [3.63, 3.8) is 0 Å². The summed E-state index contributed by atoms with van der Waals surface area (Å²) in [6.07, 6.45) is 12.6. The minimum atomic E-state index is -0.0577. The molecule has 3 aromatic heterocycles. The molecule has 1 aliphatic carbocycles. The molecule has 0 saturated heterocycles. The predicted octanol–water partition coefficient (Wildman–Crippen LogP) is 4.81. The monoisotopic (exact) mass is 420 g/mol. The van der Waals surface area contributed by atoms with Gasteiger partial charge in [0.2, 0.25) is 0 Å². The van der Waals surface area contributed by atoms with Crippen molar-refractivity contribution < 1.29 is 9.53 Å². The first kappa shape index (κ1) is 21.5. The van der Waals surface area contributed by atoms with Gasteiger partial charge in [0.25, 0.3) is 5.91 Å². The molecule has 1 fully saturated rings. The predicted molar refractivity (Wildman–Crippen MR) is 122 cm³/mol. The Morgan fingerprint density at radius 3 is 2.84 bits per heavy atom. The molecular formula is C25H32N4O2. The third-order valence-corrected chi connectivity index (χ3v) is 6.20. The average molecular weight is 421 g/mol. The van der Waals surface area contributed by atoms with Crippen molar-refractivity contribution in [1.29, 1.82) is 0 Å². The number of aryl methyl sites for hydroxylation is 1. The van der Waals surface area contributed by atoms with Crippen LogP contribution in [0.1, 0.15) is 61.5 Å². The van der Waals surface area contributed by atoms with Crippen LogP contribution in [0.5, 0.6) is 0 Å². The quantitative estimate of drug-likeness (QED) is 0.568. The van der Waals surface area contributed by atoms with Crippen molar-refractivity contribution in [2.75, 3.05) is 13.2 Å². The lowest BCUT2D eigenvalue weighted by atomic mass is 9.85. The van der Waals surface area contributed by atoms with Gasteiger partial charge < -0.3 is 14.5 Å². The highest BCUT2D eigenvalue weighted by molar-refractivity contribution is 6.00. The number of aromatic nitrogens is 3. The fraction of sp³-hybridized carbons (Fsp3) is 0.480. The van der Waals surface area contributed by atoms with Gasteiger partial charge in [0.05, 0.1) is 17.4 Å². The number of nitrogens with zero attached hydrogens (tertiary/aromatic N) is 3. The molecule has 0 atom stereocenters. The van der Waals surface area contributed by atoms with Crippen molar-refractivity contribution in [3.05, 3.63) is 54.1 Å². The smallest absolute Gasteiger partial charge is 0.255 e. The van der Waals surface area contributed by atoms with Gasteiger partial charge in [0.15, 0.2) is 0 Å². The molecule has 6 nitrogen and oxygen atoms in total. The second-order valence-electron chi connectivity index (χ2n) is 8.51. The van der Waals surface area contributed by atoms with Crippen LogP contribution in [0.15, 0.2) is 42.9 Å². The molecule has 0 spiro atoms. The number of pyridine rings is 1. The number of amides is 1. The Hall–Kier alpha value is -2.73. The van der Waals surface area contributed by atoms with Crippen LogP contribution in [0.2, 0.25) is 0 Å². The summed E-state index contributed by atoms with van der Waals surface area (Å²) in [6.45, 7) is 5.74. The molecule has 0 unspecified atom stereocenters. The summed E-state index contributed by atoms with van der Waals surface area (Å²) in [5.41, 5.74) is 4.10. The van der Waals surface area contributed by atoms with Gasteiger partial charge in [0.1, 0.15) is 5.65 Å². The normalized spacial score (nSPS) is 18.9. The summed E-state index contributed by atoms with van der Waals surface area (Å²) in [5, 5.41) is 3.11. The first-order chi connectivity index (χ1) is 15.2. The van der Waals surface area contributed by atoms with Crippen LogP contribution in [0, 0.1) is 12.8 Å². The first-order valence-corrected chi connectivity index (χ1v) is 11.4. The SMILES string of the molecule is CCCOC1CCC(CCNC(=O)c2ccn3c(C)cc(-c4cccnc4)nc23)CC1. The Bertz CT molecular complexity index is 1010. The zero-order valence-corrected chi connectivity index (χ0v) is 18.5. The fourth-order valence-corrected chi connectivity index (χ4v) is 4.43. The van der Waals surface area contributed by atoms with Crippen molar-refractivity contribution >= 4 is 11.6 Å². The van der Waals surface area contributed by atoms with E-state index in [-0.39, 0.29) is 5.91 Å². The summed E-state index contributed by atoms with van der Waals surface area (Å²) in [4.78, 5) is 21.8. The highest BCUT2D eigenvalue weighted by atomic mass is 16.5. The summed E-state index contributed by atoms with van der Waals surface area (Å²) < 4.78 is 7.85. The summed E-state index contributed by atoms with van der Waals surface area (Å²) >= 11 is 0. The minimum Gasteiger partial charge on any atom is -0.378 e. The molecule has 0 aromatic carbocycles. The van der Waals surface area contributed by atoms with E-state index < -0.39 is 0 Å². The lowest BCUT2D eigenvalue weighted by molar-refractivity contribution is 0.0177. The number of ether oxygens (including phenoxy) is 1. The van der Waals surface area contributed by atoms with E-state index >= 15 is 0 Å². The van der Waals surface area contributed by atoms with Crippen LogP contribution in [-0.4, -0.2) is 39.5 Å². The zero-order chi connectivity index (χ0) is 21.6. The molecule has 6 heteroatoms. The Morgan fingerprint density at radius 2 is 2.10 bits per heavy atom. The van der Waals surface area contributed by atoms with Crippen LogP contribution in [0.3, 0.4) is 0 Å². The van der Waals surface area contributed by atoms with Gasteiger partial charge in [-0.2, -0.15) is 0 Å². The summed E-state index contributed by atoms with van der Waals surface area (Å²) in [5.74, 6) is 0.614. The number of carbonyl (C=O) groups excluding carboxylic acids is 1. The first-order valence-electron chi connectivity index (χ1n) is 11.4. The van der Waals surface area contributed by atoms with Gasteiger partial charge >= 0.3 is 0 Å². The average Bonchev–Trinajstić information content (AvgIpc) is 3.24. The molecule has 0 radical (unpaired) electrons. The Morgan fingerprint density at radius 1 is 1.26 bits per heavy atom. The molecule has 1 aliphatic rings. The Labute approximate surface area is 184 Å². The number of nitrogens with one attached hydrogen (secondary N) is 1. The molecule has 1 saturated carbocycles. The maximum Gasteiger partial charge on any atom is 0.255 e. The van der Waals surface area contributed by atoms with E-state index in [0.29, 0.717) is 29.8 Å². The topological polar surface area (TPSA) is 68.5 Å². The molecule has 164 valence electrons. The molecule has 4 rings (SSSR count). The van der Waals surface area contributed by atoms with Crippen LogP contribution < -0.4 is 5.32 Å². The molecule has 3 aromatic rings. The van der Waals surface area contributed by atoms with Crippen LogP contribution in [0.4, 0.5) is 0 Å². The fourth-order valence-electron chi connectivity index (χ4n) is 4.43. The molecule has 1 N–H and O–H groups in total. The molecule has 31 heavy (non-hydrogen) atoms. The second-order valence-corrected chi connectivity index (χ2v) is 8.51. The summed E-state index contributed by atoms with van der Waals surface area (Å²) in [7, 11) is 0. The second kappa shape index (κ2) is 10.1. The lowest BCUT2D eigenvalue weighted by Gasteiger charge is -2.28. The van der Waals surface area contributed by atoms with Crippen molar-refractivity contribution in [3.8, 4) is 11.3 Å². The lowest BCUT2D eigenvalue weighted by Crippen LogP contribution is -2.28. The number of rotatable bonds is 8. The Kier molecular flexibility index (Phi) is 6.97. The van der Waals surface area contributed by atoms with Gasteiger partial charge in [-0.15, -0.1) is 0 Å². The number of fused-ring (bicyclic) bond motifs is 1. The van der Waals surface area contributed by atoms with Gasteiger partial charge in [-0.1, -0.05) is 6.92 Å². The molecule has 0 aliphatic heterocycles. The van der Waals surface area contributed by atoms with E-state index in [2.05, 4.69) is 17.2 Å². The standard InChI is InChI=1S/C25H32N4O2/c1-3-15-31-21-8-6-19(7-9-21)10-13-27-25(30)22-11-14-29-18(2)16-23(28-24(22)29)20-5-4-12-26-17-20/h4-5,11-12,14,16-17,19,21H,3,6-10,13,15H2,1-2H3,(H,27,30). The largest absolute Gasteiger partial charge is 0.378 e. The molecule has 1 amide bonds. The van der Waals surface area contributed by atoms with E-state index in [4.69, 9.17) is 9.72 Å². The van der Waals surface area contributed by atoms with Crippen LogP contribution in [0.25, 0.3) is 16.9 Å². The van der Waals surface area contributed by atoms with E-state index in [1.54, 1.807) is 12.4 Å². The Balaban J connectivity index is 1.37. The van der Waals surface area contributed by atoms with Gasteiger partial charge in [-0.25, -0.2) is 4.98 Å². The van der Waals surface area contributed by atoms with Crippen LogP contribution >= 0.6 is 0 Å². The third kappa shape index (κ3) is 5.13. The molecule has 3 heterocycles. The summed E-state index contributed by atoms with van der Waals surface area (Å²) in [6, 6.07) is 7.75. The number of hydrogen-bond acceptors (Lipinski definition) is 4. The zero-order valence-electron chi connectivity index (χ0n) is 18.5. The highest BCUT2D eigenvalue weighted by Crippen LogP contribution is 2.28. The number of hydrogen-bond donors (Lipinski definition) is 1. The highest BCUT2D eigenvalue weighted by Gasteiger charge is 2.22. The van der Waals surface area contributed by atoms with E-state index in [1.165, 1.54) is 12.8 Å². The van der Waals surface area contributed by atoms with Crippen LogP contribution in [-0.2, 0) is 4.74 Å². The number of carbonyl (C=O) groups is 1. The van der Waals surface area contributed by atoms with Gasteiger partial charge in [-0.05, 0) is 75.6 Å². The van der Waals surface area contributed by atoms with E-state index in [9.17, 15) is 4.79 Å². The maximum absolute atomic E-state index is 12.9. The van der Waals surface area contributed by atoms with Gasteiger partial charge in [-0.3, -0.25) is 9.78 Å². The molecule has 0 bridgehead atoms. The molecular weight excluding hydrogens is 388 g/mol. The minimum absolute atomic E-state index is 0.0577. The van der Waals surface area contributed by atoms with E-state index in [0.717, 1.165) is 49.2 Å². The van der Waals surface area contributed by atoms with Crippen molar-refractivity contribution in [2.45, 2.75) is 58.5 Å². The third-order valence-electron chi connectivity index (χ3n) is 6.20. The van der Waals surface area contributed by atoms with Gasteiger partial charge in [0, 0.05) is 43.0 Å². The van der Waals surface area contributed by atoms with Crippen molar-refractivity contribution in [2.24, 2.45) is 5.92 Å². The van der Waals surface area contributed by atoms with E-state index in [1.807, 2.05) is 41.8 Å². The maximum atomic E-state index is 12.9. The van der Waals surface area contributed by atoms with Crippen molar-refractivity contribution in [1.82, 2.24) is 19.7 Å².